The number of aryl methyl sites for hydroxylation is 1. The number of piperidine rings is 1. The number of hydrogen-bond acceptors (Lipinski definition) is 6. The number of thioether (sulfide) groups is 1. The van der Waals surface area contributed by atoms with Gasteiger partial charge in [0.05, 0.1) is 18.6 Å². The SMILES string of the molecule is Cc1cc(C(=O)CSc2nnc(N3CCC(C)CC3)n2C2CC2)c(C)n1Cc1ccco1. The molecule has 0 radical (unpaired) electrons. The molecule has 170 valence electrons. The van der Waals surface area contributed by atoms with Crippen molar-refractivity contribution < 1.29 is 9.21 Å². The minimum atomic E-state index is 0.132. The number of nitrogens with zero attached hydrogens (tertiary/aromatic N) is 5. The summed E-state index contributed by atoms with van der Waals surface area (Å²) in [6, 6.07) is 6.32. The number of ketones is 1. The van der Waals surface area contributed by atoms with Crippen molar-refractivity contribution in [1.82, 2.24) is 19.3 Å². The van der Waals surface area contributed by atoms with Gasteiger partial charge in [0.2, 0.25) is 5.95 Å². The van der Waals surface area contributed by atoms with E-state index in [0.717, 1.165) is 52.8 Å². The van der Waals surface area contributed by atoms with Crippen LogP contribution in [0, 0.1) is 19.8 Å². The Morgan fingerprint density at radius 2 is 1.97 bits per heavy atom. The lowest BCUT2D eigenvalue weighted by molar-refractivity contribution is 0.102. The second-order valence-corrected chi connectivity index (χ2v) is 10.2. The molecular formula is C24H31N5O2S. The largest absolute Gasteiger partial charge is 0.467 e. The van der Waals surface area contributed by atoms with Crippen LogP contribution in [0.25, 0.3) is 0 Å². The van der Waals surface area contributed by atoms with Crippen LogP contribution in [-0.4, -0.2) is 44.0 Å². The monoisotopic (exact) mass is 453 g/mol. The Hall–Kier alpha value is -2.48. The second-order valence-electron chi connectivity index (χ2n) is 9.22. The van der Waals surface area contributed by atoms with Crippen molar-refractivity contribution in [2.24, 2.45) is 5.92 Å². The number of hydrogen-bond donors (Lipinski definition) is 0. The van der Waals surface area contributed by atoms with Gasteiger partial charge >= 0.3 is 0 Å². The molecule has 3 aromatic heterocycles. The molecule has 8 heteroatoms. The van der Waals surface area contributed by atoms with Gasteiger partial charge < -0.3 is 13.9 Å². The smallest absolute Gasteiger partial charge is 0.228 e. The highest BCUT2D eigenvalue weighted by atomic mass is 32.2. The van der Waals surface area contributed by atoms with Gasteiger partial charge in [-0.15, -0.1) is 10.2 Å². The molecule has 4 heterocycles. The third kappa shape index (κ3) is 4.25. The molecule has 32 heavy (non-hydrogen) atoms. The number of Topliss-reactive ketones (excluding diaryl/α,β-unsaturated/α-hetero) is 1. The van der Waals surface area contributed by atoms with Crippen LogP contribution >= 0.6 is 11.8 Å². The fourth-order valence-corrected chi connectivity index (χ4v) is 5.42. The highest BCUT2D eigenvalue weighted by molar-refractivity contribution is 7.99. The fourth-order valence-electron chi connectivity index (χ4n) is 4.54. The molecule has 5 rings (SSSR count). The Morgan fingerprint density at radius 1 is 1.19 bits per heavy atom. The summed E-state index contributed by atoms with van der Waals surface area (Å²) < 4.78 is 9.91. The second kappa shape index (κ2) is 8.81. The first-order chi connectivity index (χ1) is 15.5. The van der Waals surface area contributed by atoms with E-state index < -0.39 is 0 Å². The molecule has 0 spiro atoms. The molecule has 0 amide bonds. The molecule has 0 atom stereocenters. The third-order valence-electron chi connectivity index (χ3n) is 6.73. The lowest BCUT2D eigenvalue weighted by Crippen LogP contribution is -2.34. The van der Waals surface area contributed by atoms with E-state index in [0.29, 0.717) is 18.3 Å². The average Bonchev–Trinajstić information content (AvgIpc) is 3.20. The van der Waals surface area contributed by atoms with Crippen LogP contribution in [0.5, 0.6) is 0 Å². The molecule has 7 nitrogen and oxygen atoms in total. The number of carbonyl (C=O) groups is 1. The maximum atomic E-state index is 13.1. The molecular weight excluding hydrogens is 422 g/mol. The fraction of sp³-hybridized carbons (Fsp3) is 0.542. The first kappa shape index (κ1) is 21.4. The van der Waals surface area contributed by atoms with E-state index in [1.54, 1.807) is 6.26 Å². The Kier molecular flexibility index (Phi) is 5.88. The molecule has 0 bridgehead atoms. The van der Waals surface area contributed by atoms with E-state index >= 15 is 0 Å². The lowest BCUT2D eigenvalue weighted by Gasteiger charge is -2.31. The Bertz CT molecular complexity index is 1090. The number of rotatable bonds is 8. The first-order valence-corrected chi connectivity index (χ1v) is 12.5. The summed E-state index contributed by atoms with van der Waals surface area (Å²) in [7, 11) is 0. The summed E-state index contributed by atoms with van der Waals surface area (Å²) in [5.41, 5.74) is 2.83. The van der Waals surface area contributed by atoms with Gasteiger partial charge in [-0.25, -0.2) is 0 Å². The molecule has 0 aromatic carbocycles. The van der Waals surface area contributed by atoms with E-state index in [2.05, 4.69) is 31.2 Å². The van der Waals surface area contributed by atoms with Crippen LogP contribution in [0.4, 0.5) is 5.95 Å². The molecule has 1 saturated carbocycles. The number of aromatic nitrogens is 4. The molecule has 2 aliphatic rings. The molecule has 0 unspecified atom stereocenters. The van der Waals surface area contributed by atoms with E-state index in [9.17, 15) is 4.79 Å². The summed E-state index contributed by atoms with van der Waals surface area (Å²) in [5.74, 6) is 3.16. The summed E-state index contributed by atoms with van der Waals surface area (Å²) >= 11 is 1.52. The zero-order valence-electron chi connectivity index (χ0n) is 19.1. The van der Waals surface area contributed by atoms with Crippen LogP contribution in [0.2, 0.25) is 0 Å². The van der Waals surface area contributed by atoms with Gasteiger partial charge in [-0.05, 0) is 63.6 Å². The molecule has 1 saturated heterocycles. The van der Waals surface area contributed by atoms with Crippen LogP contribution in [0.1, 0.15) is 66.2 Å². The molecule has 0 N–H and O–H groups in total. The number of anilines is 1. The number of furan rings is 1. The third-order valence-corrected chi connectivity index (χ3v) is 7.67. The Labute approximate surface area is 193 Å². The molecule has 2 fully saturated rings. The summed E-state index contributed by atoms with van der Waals surface area (Å²) in [5, 5.41) is 9.92. The highest BCUT2D eigenvalue weighted by Crippen LogP contribution is 2.41. The van der Waals surface area contributed by atoms with Gasteiger partial charge in [-0.3, -0.25) is 9.36 Å². The van der Waals surface area contributed by atoms with Gasteiger partial charge in [0.15, 0.2) is 10.9 Å². The molecule has 3 aromatic rings. The summed E-state index contributed by atoms with van der Waals surface area (Å²) in [4.78, 5) is 15.5. The van der Waals surface area contributed by atoms with Gasteiger partial charge in [-0.2, -0.15) is 0 Å². The van der Waals surface area contributed by atoms with Crippen LogP contribution < -0.4 is 4.90 Å². The van der Waals surface area contributed by atoms with E-state index in [1.807, 2.05) is 32.0 Å². The standard InChI is InChI=1S/C24H31N5O2S/c1-16-8-10-27(11-9-16)23-25-26-24(29(23)19-6-7-19)32-15-22(30)21-13-17(2)28(18(21)3)14-20-5-4-12-31-20/h4-5,12-13,16,19H,6-11,14-15H2,1-3H3. The van der Waals surface area contributed by atoms with Crippen molar-refractivity contribution in [1.29, 1.82) is 0 Å². The summed E-state index contributed by atoms with van der Waals surface area (Å²) in [6.07, 6.45) is 6.43. The summed E-state index contributed by atoms with van der Waals surface area (Å²) in [6.45, 7) is 9.08. The maximum absolute atomic E-state index is 13.1. The van der Waals surface area contributed by atoms with Gasteiger partial charge in [0.1, 0.15) is 5.76 Å². The van der Waals surface area contributed by atoms with Crippen molar-refractivity contribution in [3.05, 3.63) is 47.2 Å². The predicted octanol–water partition coefficient (Wildman–Crippen LogP) is 4.88. The average molecular weight is 454 g/mol. The minimum Gasteiger partial charge on any atom is -0.467 e. The van der Waals surface area contributed by atoms with Crippen molar-refractivity contribution in [3.63, 3.8) is 0 Å². The Morgan fingerprint density at radius 3 is 2.66 bits per heavy atom. The van der Waals surface area contributed by atoms with E-state index in [4.69, 9.17) is 4.42 Å². The number of carbonyl (C=O) groups excluding carboxylic acids is 1. The van der Waals surface area contributed by atoms with Crippen LogP contribution in [-0.2, 0) is 6.54 Å². The van der Waals surface area contributed by atoms with E-state index in [-0.39, 0.29) is 5.78 Å². The van der Waals surface area contributed by atoms with Crippen LogP contribution in [0.15, 0.2) is 34.0 Å². The molecule has 1 aliphatic carbocycles. The zero-order chi connectivity index (χ0) is 22.2. The van der Waals surface area contributed by atoms with E-state index in [1.165, 1.54) is 37.4 Å². The highest BCUT2D eigenvalue weighted by Gasteiger charge is 2.33. The minimum absolute atomic E-state index is 0.132. The van der Waals surface area contributed by atoms with Crippen LogP contribution in [0.3, 0.4) is 0 Å². The van der Waals surface area contributed by atoms with Crippen molar-refractivity contribution >= 4 is 23.5 Å². The van der Waals surface area contributed by atoms with Gasteiger partial charge in [-0.1, -0.05) is 18.7 Å². The van der Waals surface area contributed by atoms with Crippen molar-refractivity contribution in [3.8, 4) is 0 Å². The quantitative estimate of drug-likeness (QED) is 0.357. The lowest BCUT2D eigenvalue weighted by atomic mass is 10.00. The predicted molar refractivity (Wildman–Crippen MR) is 126 cm³/mol. The topological polar surface area (TPSA) is 69.1 Å². The van der Waals surface area contributed by atoms with Crippen molar-refractivity contribution in [2.45, 2.75) is 64.2 Å². The maximum Gasteiger partial charge on any atom is 0.228 e. The first-order valence-electron chi connectivity index (χ1n) is 11.6. The molecule has 1 aliphatic heterocycles. The zero-order valence-corrected chi connectivity index (χ0v) is 19.9. The van der Waals surface area contributed by atoms with Gasteiger partial charge in [0, 0.05) is 36.1 Å². The van der Waals surface area contributed by atoms with Crippen molar-refractivity contribution in [2.75, 3.05) is 23.7 Å². The Balaban J connectivity index is 1.29. The van der Waals surface area contributed by atoms with Gasteiger partial charge in [0.25, 0.3) is 0 Å². The normalized spacial score (nSPS) is 17.3.